The van der Waals surface area contributed by atoms with Crippen molar-refractivity contribution in [1.29, 1.82) is 0 Å². The van der Waals surface area contributed by atoms with Crippen LogP contribution in [-0.2, 0) is 26.0 Å². The number of para-hydroxylation sites is 1. The van der Waals surface area contributed by atoms with Crippen LogP contribution in [0.1, 0.15) is 18.4 Å². The number of hydrogen-bond acceptors (Lipinski definition) is 9. The van der Waals surface area contributed by atoms with Crippen LogP contribution < -0.4 is 10.1 Å². The number of sulfonamides is 1. The van der Waals surface area contributed by atoms with Gasteiger partial charge in [-0.05, 0) is 67.8 Å². The third kappa shape index (κ3) is 7.03. The second-order valence-corrected chi connectivity index (χ2v) is 16.7. The summed E-state index contributed by atoms with van der Waals surface area (Å²) in [5.74, 6) is 0.846. The minimum Gasteiger partial charge on any atom is -0.490 e. The van der Waals surface area contributed by atoms with Crippen molar-refractivity contribution >= 4 is 53.0 Å². The standard InChI is InChI=1S/C31H31F3N4O6S3/c32-31(33,34)21-8-9-27(36-17-21)46(40,41)28-10-11-29(45-28)47(42,43)38-14-12-20(13-15-38)16-35-18-22(39)19-44-26-7-3-6-25-30(26)23-4-1-2-5-24(23)37-25/h1-11,17,20,22,35,37,39H,12-16,18-19H2/t22-/m0/s1. The van der Waals surface area contributed by atoms with E-state index in [1.165, 1.54) is 10.4 Å². The highest BCUT2D eigenvalue weighted by atomic mass is 32.3. The zero-order valence-corrected chi connectivity index (χ0v) is 27.2. The number of fused-ring (bicyclic) bond motifs is 3. The van der Waals surface area contributed by atoms with E-state index in [2.05, 4.69) is 15.3 Å². The van der Waals surface area contributed by atoms with E-state index in [4.69, 9.17) is 4.74 Å². The van der Waals surface area contributed by atoms with E-state index in [9.17, 15) is 35.1 Å². The first-order valence-corrected chi connectivity index (χ1v) is 18.5. The monoisotopic (exact) mass is 708 g/mol. The van der Waals surface area contributed by atoms with Gasteiger partial charge in [0.15, 0.2) is 5.03 Å². The molecule has 16 heteroatoms. The first-order valence-electron chi connectivity index (χ1n) is 14.7. The Labute approximate surface area is 273 Å². The van der Waals surface area contributed by atoms with Crippen LogP contribution in [0.2, 0.25) is 0 Å². The predicted molar refractivity (Wildman–Crippen MR) is 171 cm³/mol. The van der Waals surface area contributed by atoms with Gasteiger partial charge in [-0.3, -0.25) is 0 Å². The molecule has 6 rings (SSSR count). The lowest BCUT2D eigenvalue weighted by Crippen LogP contribution is -2.41. The highest BCUT2D eigenvalue weighted by Crippen LogP contribution is 2.35. The molecule has 0 saturated carbocycles. The molecule has 10 nitrogen and oxygen atoms in total. The Bertz CT molecular complexity index is 2090. The number of thiophene rings is 1. The van der Waals surface area contributed by atoms with Crippen LogP contribution in [0, 0.1) is 5.92 Å². The molecule has 0 bridgehead atoms. The van der Waals surface area contributed by atoms with E-state index >= 15 is 0 Å². The van der Waals surface area contributed by atoms with Crippen molar-refractivity contribution in [1.82, 2.24) is 19.6 Å². The molecule has 0 unspecified atom stereocenters. The molecule has 0 spiro atoms. The van der Waals surface area contributed by atoms with Gasteiger partial charge in [0.1, 0.15) is 26.9 Å². The maximum absolute atomic E-state index is 13.3. The molecule has 1 saturated heterocycles. The van der Waals surface area contributed by atoms with E-state index in [0.717, 1.165) is 33.9 Å². The SMILES string of the molecule is O=S(=O)(c1ccc(C(F)(F)F)cn1)c1ccc(S(=O)(=O)N2CCC(CNC[C@H](O)COc3cccc4[nH]c5ccccc5c34)CC2)s1. The number of aliphatic hydroxyl groups is 1. The van der Waals surface area contributed by atoms with Crippen molar-refractivity contribution in [2.45, 2.75) is 38.6 Å². The Morgan fingerprint density at radius 3 is 2.43 bits per heavy atom. The summed E-state index contributed by atoms with van der Waals surface area (Å²) >= 11 is 0.534. The maximum atomic E-state index is 13.3. The molecule has 0 aliphatic carbocycles. The number of pyridine rings is 1. The number of aliphatic hydroxyl groups excluding tert-OH is 1. The lowest BCUT2D eigenvalue weighted by atomic mass is 9.98. The molecule has 0 amide bonds. The number of piperidine rings is 1. The average Bonchev–Trinajstić information content (AvgIpc) is 3.71. The number of hydrogen-bond donors (Lipinski definition) is 3. The third-order valence-electron chi connectivity index (χ3n) is 8.06. The first kappa shape index (κ1) is 33.4. The largest absolute Gasteiger partial charge is 0.490 e. The second kappa shape index (κ2) is 13.2. The Morgan fingerprint density at radius 2 is 1.70 bits per heavy atom. The quantitative estimate of drug-likeness (QED) is 0.173. The lowest BCUT2D eigenvalue weighted by molar-refractivity contribution is -0.137. The van der Waals surface area contributed by atoms with E-state index < -0.39 is 42.7 Å². The summed E-state index contributed by atoms with van der Waals surface area (Å²) < 4.78 is 97.7. The van der Waals surface area contributed by atoms with Crippen molar-refractivity contribution in [2.24, 2.45) is 5.92 Å². The molecule has 0 radical (unpaired) electrons. The van der Waals surface area contributed by atoms with Crippen molar-refractivity contribution in [3.8, 4) is 5.75 Å². The number of nitrogens with one attached hydrogen (secondary N) is 2. The van der Waals surface area contributed by atoms with Gasteiger partial charge in [0.25, 0.3) is 10.0 Å². The van der Waals surface area contributed by atoms with Crippen LogP contribution >= 0.6 is 11.3 Å². The first-order chi connectivity index (χ1) is 22.3. The van der Waals surface area contributed by atoms with Gasteiger partial charge in [-0.25, -0.2) is 21.8 Å². The summed E-state index contributed by atoms with van der Waals surface area (Å²) in [7, 11) is -8.30. The Morgan fingerprint density at radius 1 is 0.979 bits per heavy atom. The van der Waals surface area contributed by atoms with Gasteiger partial charge in [0.05, 0.1) is 11.1 Å². The predicted octanol–water partition coefficient (Wildman–Crippen LogP) is 5.06. The number of alkyl halides is 3. The summed E-state index contributed by atoms with van der Waals surface area (Å²) in [4.78, 5) is 6.82. The Hall–Kier alpha value is -3.54. The number of halogens is 3. The van der Waals surface area contributed by atoms with Crippen LogP contribution in [-0.4, -0.2) is 75.1 Å². The van der Waals surface area contributed by atoms with Crippen molar-refractivity contribution < 1.29 is 39.9 Å². The van der Waals surface area contributed by atoms with Crippen LogP contribution in [0.3, 0.4) is 0 Å². The lowest BCUT2D eigenvalue weighted by Gasteiger charge is -2.31. The maximum Gasteiger partial charge on any atom is 0.417 e. The molecule has 1 aliphatic rings. The average molecular weight is 709 g/mol. The van der Waals surface area contributed by atoms with Crippen LogP contribution in [0.4, 0.5) is 13.2 Å². The van der Waals surface area contributed by atoms with Gasteiger partial charge in [0, 0.05) is 42.1 Å². The highest BCUT2D eigenvalue weighted by Gasteiger charge is 2.34. The number of rotatable bonds is 11. The molecule has 5 aromatic rings. The van der Waals surface area contributed by atoms with Crippen LogP contribution in [0.25, 0.3) is 21.8 Å². The van der Waals surface area contributed by atoms with Crippen molar-refractivity contribution in [3.63, 3.8) is 0 Å². The highest BCUT2D eigenvalue weighted by molar-refractivity contribution is 7.95. The summed E-state index contributed by atoms with van der Waals surface area (Å²) in [5.41, 5.74) is 0.858. The van der Waals surface area contributed by atoms with Gasteiger partial charge in [-0.1, -0.05) is 24.3 Å². The van der Waals surface area contributed by atoms with Gasteiger partial charge in [-0.2, -0.15) is 17.5 Å². The molecule has 3 aromatic heterocycles. The molecule has 3 N–H and O–H groups in total. The van der Waals surface area contributed by atoms with Gasteiger partial charge in [-0.15, -0.1) is 11.3 Å². The number of aromatic nitrogens is 2. The summed E-state index contributed by atoms with van der Waals surface area (Å²) in [6, 6.07) is 17.4. The zero-order valence-electron chi connectivity index (χ0n) is 24.8. The molecule has 2 aromatic carbocycles. The minimum absolute atomic E-state index is 0.0930. The molecular weight excluding hydrogens is 678 g/mol. The zero-order chi connectivity index (χ0) is 33.4. The molecule has 47 heavy (non-hydrogen) atoms. The minimum atomic E-state index is -4.67. The number of H-pyrrole nitrogens is 1. The molecule has 250 valence electrons. The Kier molecular flexibility index (Phi) is 9.34. The number of benzene rings is 2. The van der Waals surface area contributed by atoms with E-state index in [1.54, 1.807) is 0 Å². The topological polar surface area (TPSA) is 142 Å². The fraction of sp³-hybridized carbons (Fsp3) is 0.323. The van der Waals surface area contributed by atoms with Gasteiger partial charge >= 0.3 is 6.18 Å². The van der Waals surface area contributed by atoms with Crippen molar-refractivity contribution in [2.75, 3.05) is 32.8 Å². The summed E-state index contributed by atoms with van der Waals surface area (Å²) in [5, 5.41) is 15.2. The Balaban J connectivity index is 0.983. The van der Waals surface area contributed by atoms with E-state index in [1.807, 2.05) is 42.5 Å². The van der Waals surface area contributed by atoms with Crippen LogP contribution in [0.5, 0.6) is 5.75 Å². The molecule has 1 aliphatic heterocycles. The second-order valence-electron chi connectivity index (χ2n) is 11.3. The molecular formula is C31H31F3N4O6S3. The summed E-state index contributed by atoms with van der Waals surface area (Å²) in [6.07, 6.45) is -3.88. The van der Waals surface area contributed by atoms with Gasteiger partial charge < -0.3 is 20.1 Å². The van der Waals surface area contributed by atoms with E-state index in [-0.39, 0.29) is 34.0 Å². The van der Waals surface area contributed by atoms with E-state index in [0.29, 0.717) is 55.3 Å². The van der Waals surface area contributed by atoms with Crippen LogP contribution in [0.15, 0.2) is 86.4 Å². The number of ether oxygens (including phenoxy) is 1. The smallest absolute Gasteiger partial charge is 0.417 e. The number of nitrogens with zero attached hydrogens (tertiary/aromatic N) is 2. The molecule has 1 fully saturated rings. The molecule has 4 heterocycles. The fourth-order valence-corrected chi connectivity index (χ4v) is 10.2. The number of sulfone groups is 1. The van der Waals surface area contributed by atoms with Gasteiger partial charge in [0.2, 0.25) is 9.84 Å². The molecule has 1 atom stereocenters. The third-order valence-corrected chi connectivity index (χ3v) is 13.7. The summed E-state index contributed by atoms with van der Waals surface area (Å²) in [6.45, 7) is 1.42. The normalized spacial score (nSPS) is 16.2. The number of aromatic amines is 1. The van der Waals surface area contributed by atoms with Crippen molar-refractivity contribution in [3.05, 3.63) is 78.5 Å². The fourth-order valence-electron chi connectivity index (χ4n) is 5.56.